The van der Waals surface area contributed by atoms with Crippen molar-refractivity contribution in [2.24, 2.45) is 0 Å². The highest BCUT2D eigenvalue weighted by molar-refractivity contribution is 5.14. The van der Waals surface area contributed by atoms with Gasteiger partial charge >= 0.3 is 0 Å². The van der Waals surface area contributed by atoms with Crippen LogP contribution in [0.4, 0.5) is 0 Å². The number of aliphatic hydroxyl groups is 2. The van der Waals surface area contributed by atoms with Crippen LogP contribution in [0.2, 0.25) is 0 Å². The first-order valence-corrected chi connectivity index (χ1v) is 5.86. The normalized spacial score (nSPS) is 26.9. The molecule has 0 amide bonds. The molecule has 3 heteroatoms. The number of nitrogens with zero attached hydrogens (tertiary/aromatic N) is 1. The number of hydrogen-bond donors (Lipinski definition) is 2. The summed E-state index contributed by atoms with van der Waals surface area (Å²) in [4.78, 5) is 2.25. The third kappa shape index (κ3) is 2.82. The highest BCUT2D eigenvalue weighted by atomic mass is 16.3. The zero-order valence-electron chi connectivity index (χ0n) is 9.42. The molecule has 2 rings (SSSR count). The molecule has 1 heterocycles. The van der Waals surface area contributed by atoms with Crippen LogP contribution in [-0.2, 0) is 6.54 Å². The molecule has 3 nitrogen and oxygen atoms in total. The number of rotatable bonds is 3. The molecule has 88 valence electrons. The standard InChI is InChI=1S/C13H19NO2/c15-10-12-8-13(16)6-7-14(12)9-11-4-2-1-3-5-11/h1-5,12-13,15-16H,6-10H2/t12-,13+/m1/s1. The van der Waals surface area contributed by atoms with Crippen molar-refractivity contribution < 1.29 is 10.2 Å². The number of benzene rings is 1. The zero-order valence-corrected chi connectivity index (χ0v) is 9.42. The molecule has 0 aromatic heterocycles. The predicted molar refractivity (Wildman–Crippen MR) is 63.0 cm³/mol. The molecule has 1 saturated heterocycles. The molecule has 1 aliphatic rings. The van der Waals surface area contributed by atoms with Crippen molar-refractivity contribution in [1.82, 2.24) is 4.90 Å². The molecular formula is C13H19NO2. The fourth-order valence-corrected chi connectivity index (χ4v) is 2.29. The first-order chi connectivity index (χ1) is 7.79. The van der Waals surface area contributed by atoms with Crippen molar-refractivity contribution >= 4 is 0 Å². The van der Waals surface area contributed by atoms with Gasteiger partial charge in [-0.1, -0.05) is 30.3 Å². The number of likely N-dealkylation sites (tertiary alicyclic amines) is 1. The molecule has 16 heavy (non-hydrogen) atoms. The maximum absolute atomic E-state index is 9.56. The summed E-state index contributed by atoms with van der Waals surface area (Å²) in [6.07, 6.45) is 1.25. The van der Waals surface area contributed by atoms with Gasteiger partial charge in [-0.3, -0.25) is 4.90 Å². The lowest BCUT2D eigenvalue weighted by Crippen LogP contribution is -2.45. The summed E-state index contributed by atoms with van der Waals surface area (Å²) >= 11 is 0. The Balaban J connectivity index is 1.98. The van der Waals surface area contributed by atoms with Crippen LogP contribution in [0.15, 0.2) is 30.3 Å². The molecule has 0 unspecified atom stereocenters. The molecule has 2 N–H and O–H groups in total. The van der Waals surface area contributed by atoms with Crippen molar-refractivity contribution in [2.75, 3.05) is 13.2 Å². The zero-order chi connectivity index (χ0) is 11.4. The van der Waals surface area contributed by atoms with E-state index in [2.05, 4.69) is 17.0 Å². The minimum atomic E-state index is -0.246. The fraction of sp³-hybridized carbons (Fsp3) is 0.538. The van der Waals surface area contributed by atoms with E-state index in [4.69, 9.17) is 0 Å². The smallest absolute Gasteiger partial charge is 0.0587 e. The van der Waals surface area contributed by atoms with Crippen LogP contribution in [0.25, 0.3) is 0 Å². The fourth-order valence-electron chi connectivity index (χ4n) is 2.29. The number of aliphatic hydroxyl groups excluding tert-OH is 2. The quantitative estimate of drug-likeness (QED) is 0.800. The Morgan fingerprint density at radius 1 is 1.25 bits per heavy atom. The van der Waals surface area contributed by atoms with Crippen LogP contribution >= 0.6 is 0 Å². The molecule has 1 aromatic carbocycles. The lowest BCUT2D eigenvalue weighted by molar-refractivity contribution is 0.0129. The maximum Gasteiger partial charge on any atom is 0.0587 e. The van der Waals surface area contributed by atoms with E-state index in [1.807, 2.05) is 18.2 Å². The Labute approximate surface area is 96.3 Å². The van der Waals surface area contributed by atoms with Crippen LogP contribution < -0.4 is 0 Å². The van der Waals surface area contributed by atoms with Crippen LogP contribution in [0.5, 0.6) is 0 Å². The van der Waals surface area contributed by atoms with Gasteiger partial charge in [-0.15, -0.1) is 0 Å². The summed E-state index contributed by atoms with van der Waals surface area (Å²) in [5, 5.41) is 18.9. The molecule has 0 bridgehead atoms. The summed E-state index contributed by atoms with van der Waals surface area (Å²) in [5.74, 6) is 0. The molecule has 0 saturated carbocycles. The topological polar surface area (TPSA) is 43.7 Å². The third-order valence-corrected chi connectivity index (χ3v) is 3.25. The average Bonchev–Trinajstić information content (AvgIpc) is 2.33. The Bertz CT molecular complexity index is 315. The summed E-state index contributed by atoms with van der Waals surface area (Å²) in [5.41, 5.74) is 1.26. The average molecular weight is 221 g/mol. The molecule has 1 aliphatic heterocycles. The minimum absolute atomic E-state index is 0.101. The molecule has 1 aromatic rings. The van der Waals surface area contributed by atoms with E-state index in [9.17, 15) is 10.2 Å². The summed E-state index contributed by atoms with van der Waals surface area (Å²) in [6, 6.07) is 10.4. The van der Waals surface area contributed by atoms with Crippen LogP contribution in [0, 0.1) is 0 Å². The summed E-state index contributed by atoms with van der Waals surface area (Å²) in [7, 11) is 0. The van der Waals surface area contributed by atoms with Gasteiger partial charge in [0.25, 0.3) is 0 Å². The van der Waals surface area contributed by atoms with Crippen molar-refractivity contribution in [2.45, 2.75) is 31.5 Å². The van der Waals surface area contributed by atoms with E-state index in [-0.39, 0.29) is 18.8 Å². The van der Waals surface area contributed by atoms with Gasteiger partial charge in [0.1, 0.15) is 0 Å². The van der Waals surface area contributed by atoms with Gasteiger partial charge in [-0.2, -0.15) is 0 Å². The molecule has 0 aliphatic carbocycles. The Morgan fingerprint density at radius 2 is 2.00 bits per heavy atom. The van der Waals surface area contributed by atoms with Crippen molar-refractivity contribution in [1.29, 1.82) is 0 Å². The van der Waals surface area contributed by atoms with E-state index in [0.29, 0.717) is 6.42 Å². The third-order valence-electron chi connectivity index (χ3n) is 3.25. The summed E-state index contributed by atoms with van der Waals surface area (Å²) < 4.78 is 0. The van der Waals surface area contributed by atoms with Crippen LogP contribution in [-0.4, -0.2) is 40.4 Å². The highest BCUT2D eigenvalue weighted by Crippen LogP contribution is 2.19. The van der Waals surface area contributed by atoms with E-state index < -0.39 is 0 Å². The van der Waals surface area contributed by atoms with Crippen LogP contribution in [0.3, 0.4) is 0 Å². The molecular weight excluding hydrogens is 202 g/mol. The number of hydrogen-bond acceptors (Lipinski definition) is 3. The van der Waals surface area contributed by atoms with Gasteiger partial charge in [0.15, 0.2) is 0 Å². The van der Waals surface area contributed by atoms with Gasteiger partial charge in [-0.25, -0.2) is 0 Å². The lowest BCUT2D eigenvalue weighted by Gasteiger charge is -2.36. The maximum atomic E-state index is 9.56. The van der Waals surface area contributed by atoms with Gasteiger partial charge in [-0.05, 0) is 18.4 Å². The largest absolute Gasteiger partial charge is 0.395 e. The van der Waals surface area contributed by atoms with Gasteiger partial charge in [0.05, 0.1) is 12.7 Å². The molecule has 1 fully saturated rings. The van der Waals surface area contributed by atoms with E-state index in [1.165, 1.54) is 5.56 Å². The van der Waals surface area contributed by atoms with E-state index in [1.54, 1.807) is 0 Å². The Kier molecular flexibility index (Phi) is 3.93. The first kappa shape index (κ1) is 11.6. The highest BCUT2D eigenvalue weighted by Gasteiger charge is 2.26. The second kappa shape index (κ2) is 5.43. The minimum Gasteiger partial charge on any atom is -0.395 e. The molecule has 0 radical (unpaired) electrons. The molecule has 2 atom stereocenters. The Morgan fingerprint density at radius 3 is 2.69 bits per heavy atom. The van der Waals surface area contributed by atoms with Crippen molar-refractivity contribution in [3.05, 3.63) is 35.9 Å². The predicted octanol–water partition coefficient (Wildman–Crippen LogP) is 1.00. The van der Waals surface area contributed by atoms with Crippen molar-refractivity contribution in [3.8, 4) is 0 Å². The number of piperidine rings is 1. The lowest BCUT2D eigenvalue weighted by atomic mass is 9.99. The monoisotopic (exact) mass is 221 g/mol. The van der Waals surface area contributed by atoms with Gasteiger partial charge in [0, 0.05) is 19.1 Å². The Hall–Kier alpha value is -0.900. The molecule has 0 spiro atoms. The van der Waals surface area contributed by atoms with Crippen molar-refractivity contribution in [3.63, 3.8) is 0 Å². The second-order valence-corrected chi connectivity index (χ2v) is 4.47. The van der Waals surface area contributed by atoms with E-state index in [0.717, 1.165) is 19.5 Å². The SMILES string of the molecule is OC[C@H]1C[C@@H](O)CCN1Cc1ccccc1. The van der Waals surface area contributed by atoms with Crippen LogP contribution in [0.1, 0.15) is 18.4 Å². The summed E-state index contributed by atoms with van der Waals surface area (Å²) in [6.45, 7) is 1.85. The van der Waals surface area contributed by atoms with E-state index >= 15 is 0 Å². The second-order valence-electron chi connectivity index (χ2n) is 4.47. The van der Waals surface area contributed by atoms with Gasteiger partial charge in [0.2, 0.25) is 0 Å². The first-order valence-electron chi connectivity index (χ1n) is 5.86. The van der Waals surface area contributed by atoms with Gasteiger partial charge < -0.3 is 10.2 Å².